The number of aliphatic hydroxyl groups excluding tert-OH is 1. The number of aryl methyl sites for hydroxylation is 2. The van der Waals surface area contributed by atoms with Crippen LogP contribution in [-0.4, -0.2) is 28.4 Å². The van der Waals surface area contributed by atoms with Crippen molar-refractivity contribution in [1.29, 1.82) is 0 Å². The number of carbonyl (C=O) groups excluding carboxylic acids is 2. The Kier molecular flexibility index (Phi) is 6.16. The molecule has 0 spiro atoms. The highest BCUT2D eigenvalue weighted by atomic mass is 32.1. The fourth-order valence-electron chi connectivity index (χ4n) is 4.24. The first kappa shape index (κ1) is 23.5. The summed E-state index contributed by atoms with van der Waals surface area (Å²) in [6.45, 7) is 7.94. The monoisotopic (exact) mass is 496 g/mol. The molecule has 1 unspecified atom stereocenters. The highest BCUT2D eigenvalue weighted by Gasteiger charge is 2.48. The number of aromatic nitrogens is 1. The van der Waals surface area contributed by atoms with Crippen LogP contribution in [0.3, 0.4) is 0 Å². The largest absolute Gasteiger partial charge is 0.507 e. The Morgan fingerprint density at radius 3 is 2.44 bits per heavy atom. The van der Waals surface area contributed by atoms with Gasteiger partial charge in [-0.05, 0) is 49.2 Å². The van der Waals surface area contributed by atoms with Crippen molar-refractivity contribution in [1.82, 2.24) is 4.98 Å². The maximum absolute atomic E-state index is 13.4. The van der Waals surface area contributed by atoms with E-state index in [0.29, 0.717) is 28.6 Å². The molecule has 1 aliphatic rings. The van der Waals surface area contributed by atoms with E-state index >= 15 is 0 Å². The van der Waals surface area contributed by atoms with Gasteiger partial charge in [0.25, 0.3) is 5.78 Å². The molecule has 180 valence electrons. The number of rotatable bonds is 6. The maximum Gasteiger partial charge on any atom is 0.301 e. The van der Waals surface area contributed by atoms with E-state index < -0.39 is 17.7 Å². The van der Waals surface area contributed by atoms with Crippen LogP contribution < -0.4 is 9.64 Å². The zero-order valence-electron chi connectivity index (χ0n) is 19.9. The van der Waals surface area contributed by atoms with Gasteiger partial charge in [-0.3, -0.25) is 14.5 Å². The standard InChI is InChI=1S/C29H24N2O4S/c1-4-15-35-21-12-10-19(11-13-21)25-24(26(32)20-8-5-17(2)6-9-20)27(33)28(34)31(25)29-30-22-14-7-18(3)16-23(22)36-29/h4-14,16,25,32H,1,15H2,2-3H3/b26-24+. The van der Waals surface area contributed by atoms with Crippen molar-refractivity contribution in [2.75, 3.05) is 11.5 Å². The quantitative estimate of drug-likeness (QED) is 0.151. The zero-order chi connectivity index (χ0) is 25.4. The SMILES string of the molecule is C=CCOc1ccc(C2/C(=C(\O)c3ccc(C)cc3)C(=O)C(=O)N2c2nc3ccc(C)cc3s2)cc1. The third-order valence-corrected chi connectivity index (χ3v) is 7.09. The molecule has 1 fully saturated rings. The number of fused-ring (bicyclic) bond motifs is 1. The Hall–Kier alpha value is -4.23. The Morgan fingerprint density at radius 1 is 1.06 bits per heavy atom. The number of Topliss-reactive ketones (excluding diaryl/α,β-unsaturated/α-hetero) is 1. The summed E-state index contributed by atoms with van der Waals surface area (Å²) in [6.07, 6.45) is 1.65. The van der Waals surface area contributed by atoms with E-state index in [1.54, 1.807) is 42.5 Å². The van der Waals surface area contributed by atoms with Crippen LogP contribution >= 0.6 is 11.3 Å². The minimum Gasteiger partial charge on any atom is -0.507 e. The van der Waals surface area contributed by atoms with Crippen LogP contribution in [0.2, 0.25) is 0 Å². The second kappa shape index (κ2) is 9.43. The molecule has 1 saturated heterocycles. The lowest BCUT2D eigenvalue weighted by Crippen LogP contribution is -2.29. The number of hydrogen-bond acceptors (Lipinski definition) is 6. The number of amides is 1. The van der Waals surface area contributed by atoms with Crippen molar-refractivity contribution in [2.45, 2.75) is 19.9 Å². The van der Waals surface area contributed by atoms with Crippen molar-refractivity contribution in [3.63, 3.8) is 0 Å². The maximum atomic E-state index is 13.4. The minimum atomic E-state index is -0.846. The normalized spacial score (nSPS) is 17.1. The number of hydrogen-bond donors (Lipinski definition) is 1. The number of aliphatic hydroxyl groups is 1. The van der Waals surface area contributed by atoms with Crippen LogP contribution in [0.15, 0.2) is 85.0 Å². The molecule has 1 aromatic heterocycles. The van der Waals surface area contributed by atoms with Crippen LogP contribution in [0, 0.1) is 13.8 Å². The van der Waals surface area contributed by atoms with Gasteiger partial charge in [0.2, 0.25) is 0 Å². The van der Waals surface area contributed by atoms with Crippen molar-refractivity contribution in [3.05, 3.63) is 107 Å². The molecule has 2 heterocycles. The molecule has 5 rings (SSSR count). The average Bonchev–Trinajstić information content (AvgIpc) is 3.40. The molecule has 36 heavy (non-hydrogen) atoms. The predicted octanol–water partition coefficient (Wildman–Crippen LogP) is 6.10. The number of carbonyl (C=O) groups is 2. The summed E-state index contributed by atoms with van der Waals surface area (Å²) < 4.78 is 6.51. The van der Waals surface area contributed by atoms with Crippen LogP contribution in [0.4, 0.5) is 5.13 Å². The van der Waals surface area contributed by atoms with E-state index in [-0.39, 0.29) is 11.3 Å². The first-order valence-corrected chi connectivity index (χ1v) is 12.3. The van der Waals surface area contributed by atoms with Crippen molar-refractivity contribution < 1.29 is 19.4 Å². The molecule has 4 aromatic rings. The van der Waals surface area contributed by atoms with Gasteiger partial charge in [0.05, 0.1) is 21.8 Å². The average molecular weight is 497 g/mol. The lowest BCUT2D eigenvalue weighted by Gasteiger charge is -2.23. The first-order valence-electron chi connectivity index (χ1n) is 11.5. The van der Waals surface area contributed by atoms with Crippen molar-refractivity contribution >= 4 is 44.1 Å². The summed E-state index contributed by atoms with van der Waals surface area (Å²) >= 11 is 1.34. The summed E-state index contributed by atoms with van der Waals surface area (Å²) in [5, 5.41) is 11.7. The lowest BCUT2D eigenvalue weighted by atomic mass is 9.95. The predicted molar refractivity (Wildman–Crippen MR) is 142 cm³/mol. The highest BCUT2D eigenvalue weighted by molar-refractivity contribution is 7.22. The van der Waals surface area contributed by atoms with Gasteiger partial charge in [0.1, 0.15) is 18.1 Å². The Balaban J connectivity index is 1.68. The van der Waals surface area contributed by atoms with Gasteiger partial charge in [0, 0.05) is 5.56 Å². The Labute approximate surface area is 212 Å². The number of ketones is 1. The van der Waals surface area contributed by atoms with Crippen LogP contribution in [-0.2, 0) is 9.59 Å². The number of ether oxygens (including phenoxy) is 1. The number of nitrogens with zero attached hydrogens (tertiary/aromatic N) is 2. The van der Waals surface area contributed by atoms with Gasteiger partial charge < -0.3 is 9.84 Å². The third kappa shape index (κ3) is 4.18. The molecule has 0 bridgehead atoms. The number of thiazole rings is 1. The fourth-order valence-corrected chi connectivity index (χ4v) is 5.33. The molecule has 0 aliphatic carbocycles. The molecular formula is C29H24N2O4S. The van der Waals surface area contributed by atoms with E-state index in [9.17, 15) is 14.7 Å². The zero-order valence-corrected chi connectivity index (χ0v) is 20.7. The molecule has 3 aromatic carbocycles. The number of anilines is 1. The van der Waals surface area contributed by atoms with E-state index in [1.165, 1.54) is 16.2 Å². The van der Waals surface area contributed by atoms with E-state index in [0.717, 1.165) is 21.3 Å². The van der Waals surface area contributed by atoms with E-state index in [4.69, 9.17) is 4.74 Å². The molecule has 1 amide bonds. The summed E-state index contributed by atoms with van der Waals surface area (Å²) in [4.78, 5) is 32.8. The fraction of sp³-hybridized carbons (Fsp3) is 0.138. The molecule has 1 atom stereocenters. The van der Waals surface area contributed by atoms with Gasteiger partial charge in [0.15, 0.2) is 5.13 Å². The van der Waals surface area contributed by atoms with Crippen molar-refractivity contribution in [2.24, 2.45) is 0 Å². The van der Waals surface area contributed by atoms with Crippen LogP contribution in [0.25, 0.3) is 16.0 Å². The Morgan fingerprint density at radius 2 is 1.75 bits per heavy atom. The molecule has 7 heteroatoms. The summed E-state index contributed by atoms with van der Waals surface area (Å²) in [5.74, 6) is -1.06. The van der Waals surface area contributed by atoms with E-state index in [1.807, 2.05) is 44.2 Å². The van der Waals surface area contributed by atoms with E-state index in [2.05, 4.69) is 11.6 Å². The first-order chi connectivity index (χ1) is 17.4. The summed E-state index contributed by atoms with van der Waals surface area (Å²) in [6, 6.07) is 19.3. The molecule has 0 radical (unpaired) electrons. The number of benzene rings is 3. The van der Waals surface area contributed by atoms with Gasteiger partial charge in [-0.1, -0.05) is 72.0 Å². The van der Waals surface area contributed by atoms with Gasteiger partial charge >= 0.3 is 5.91 Å². The molecule has 1 aliphatic heterocycles. The molecular weight excluding hydrogens is 472 g/mol. The van der Waals surface area contributed by atoms with Crippen LogP contribution in [0.5, 0.6) is 5.75 Å². The second-order valence-corrected chi connectivity index (χ2v) is 9.68. The van der Waals surface area contributed by atoms with Gasteiger partial charge in [-0.25, -0.2) is 4.98 Å². The van der Waals surface area contributed by atoms with Crippen LogP contribution in [0.1, 0.15) is 28.3 Å². The second-order valence-electron chi connectivity index (χ2n) is 8.67. The summed E-state index contributed by atoms with van der Waals surface area (Å²) in [7, 11) is 0. The highest BCUT2D eigenvalue weighted by Crippen LogP contribution is 2.44. The minimum absolute atomic E-state index is 0.0269. The summed E-state index contributed by atoms with van der Waals surface area (Å²) in [5.41, 5.74) is 3.99. The molecule has 1 N–H and O–H groups in total. The molecule has 0 saturated carbocycles. The smallest absolute Gasteiger partial charge is 0.301 e. The van der Waals surface area contributed by atoms with Gasteiger partial charge in [-0.2, -0.15) is 0 Å². The van der Waals surface area contributed by atoms with Gasteiger partial charge in [-0.15, -0.1) is 0 Å². The Bertz CT molecular complexity index is 1520. The lowest BCUT2D eigenvalue weighted by molar-refractivity contribution is -0.132. The van der Waals surface area contributed by atoms with Crippen molar-refractivity contribution in [3.8, 4) is 5.75 Å². The third-order valence-electron chi connectivity index (χ3n) is 6.07. The topological polar surface area (TPSA) is 79.7 Å². The molecule has 6 nitrogen and oxygen atoms in total.